The molecule has 11 nitrogen and oxygen atoms in total. The summed E-state index contributed by atoms with van der Waals surface area (Å²) in [6.07, 6.45) is 4.23. The number of hydrogen-bond acceptors (Lipinski definition) is 6. The van der Waals surface area contributed by atoms with Gasteiger partial charge >= 0.3 is 12.1 Å². The molecule has 0 saturated heterocycles. The number of nitrogens with zero attached hydrogens (tertiary/aromatic N) is 2. The summed E-state index contributed by atoms with van der Waals surface area (Å²) in [6, 6.07) is 5.91. The van der Waals surface area contributed by atoms with Gasteiger partial charge in [-0.15, -0.1) is 0 Å². The second-order valence-electron chi connectivity index (χ2n) is 9.00. The maximum Gasteiger partial charge on any atom is 0.434 e. The Morgan fingerprint density at radius 3 is 2.49 bits per heavy atom. The van der Waals surface area contributed by atoms with Crippen LogP contribution < -0.4 is 15.8 Å². The van der Waals surface area contributed by atoms with Gasteiger partial charge < -0.3 is 20.1 Å². The summed E-state index contributed by atoms with van der Waals surface area (Å²) in [5.74, 6) is -4.99. The SMILES string of the molecule is Cc1cc(F)c(C(=O)NN(C(=O)OCC(=O)O)c2ccc3c(c2)NC(=O)CCC=CCCc2nc-3c(Cl)[nH]2)c(F)c1. The standard InChI is InChI=1S/C27H24ClF2N5O6/c1-14-10-17(29)23(18(30)11-14)26(39)34-35(27(40)41-13-22(37)38)15-8-9-16-19(12-15)31-21(36)7-5-3-2-4-6-20-32-24(16)25(28)33-20/h2-3,8-12H,4-7,13H2,1H3,(H,31,36)(H,32,33)(H,34,39)(H,37,38). The zero-order valence-corrected chi connectivity index (χ0v) is 22.3. The molecule has 0 saturated carbocycles. The lowest BCUT2D eigenvalue weighted by atomic mass is 10.1. The molecule has 0 atom stereocenters. The van der Waals surface area contributed by atoms with Crippen LogP contribution in [0.4, 0.5) is 25.0 Å². The van der Waals surface area contributed by atoms with Crippen LogP contribution in [0.1, 0.15) is 41.0 Å². The van der Waals surface area contributed by atoms with Gasteiger partial charge in [-0.25, -0.2) is 23.4 Å². The van der Waals surface area contributed by atoms with E-state index in [4.69, 9.17) is 21.4 Å². The zero-order valence-electron chi connectivity index (χ0n) is 21.6. The van der Waals surface area contributed by atoms with Crippen LogP contribution in [0.25, 0.3) is 11.3 Å². The lowest BCUT2D eigenvalue weighted by Crippen LogP contribution is -2.47. The number of aliphatic carboxylic acids is 1. The Bertz CT molecular complexity index is 1530. The molecule has 41 heavy (non-hydrogen) atoms. The number of fused-ring (bicyclic) bond motifs is 4. The van der Waals surface area contributed by atoms with E-state index >= 15 is 0 Å². The first-order valence-electron chi connectivity index (χ1n) is 12.3. The van der Waals surface area contributed by atoms with Gasteiger partial charge in [-0.2, -0.15) is 5.01 Å². The van der Waals surface area contributed by atoms with Gasteiger partial charge in [0.1, 0.15) is 33.9 Å². The number of amides is 3. The van der Waals surface area contributed by atoms with Gasteiger partial charge in [0.25, 0.3) is 5.91 Å². The Hall–Kier alpha value is -4.78. The molecule has 0 fully saturated rings. The van der Waals surface area contributed by atoms with Gasteiger partial charge in [0, 0.05) is 18.4 Å². The number of H-pyrrole nitrogens is 1. The number of hydrazine groups is 1. The molecule has 0 aliphatic carbocycles. The molecule has 2 aromatic carbocycles. The second-order valence-corrected chi connectivity index (χ2v) is 9.38. The van der Waals surface area contributed by atoms with Crippen LogP contribution in [-0.4, -0.2) is 45.6 Å². The third-order valence-electron chi connectivity index (χ3n) is 5.88. The number of carbonyl (C=O) groups is 4. The number of aromatic amines is 1. The Morgan fingerprint density at radius 1 is 1.12 bits per heavy atom. The fraction of sp³-hybridized carbons (Fsp3) is 0.222. The van der Waals surface area contributed by atoms with Gasteiger partial charge in [-0.1, -0.05) is 23.8 Å². The zero-order chi connectivity index (χ0) is 29.7. The third-order valence-corrected chi connectivity index (χ3v) is 6.15. The Labute approximate surface area is 237 Å². The number of benzene rings is 2. The number of halogens is 3. The lowest BCUT2D eigenvalue weighted by molar-refractivity contribution is -0.140. The molecule has 2 heterocycles. The average Bonchev–Trinajstić information content (AvgIpc) is 3.27. The summed E-state index contributed by atoms with van der Waals surface area (Å²) in [5.41, 5.74) is 1.96. The predicted molar refractivity (Wildman–Crippen MR) is 144 cm³/mol. The highest BCUT2D eigenvalue weighted by atomic mass is 35.5. The summed E-state index contributed by atoms with van der Waals surface area (Å²) in [5, 5.41) is 12.3. The topological polar surface area (TPSA) is 154 Å². The summed E-state index contributed by atoms with van der Waals surface area (Å²) in [7, 11) is 0. The molecule has 2 bridgehead atoms. The normalized spacial score (nSPS) is 13.1. The van der Waals surface area contributed by atoms with Gasteiger partial charge in [0.05, 0.1) is 11.4 Å². The van der Waals surface area contributed by atoms with E-state index in [1.54, 1.807) is 0 Å². The van der Waals surface area contributed by atoms with Crippen LogP contribution in [0.5, 0.6) is 0 Å². The van der Waals surface area contributed by atoms with E-state index in [0.717, 1.165) is 12.1 Å². The number of ether oxygens (including phenoxy) is 1. The van der Waals surface area contributed by atoms with Crippen molar-refractivity contribution in [1.82, 2.24) is 15.4 Å². The van der Waals surface area contributed by atoms with Gasteiger partial charge in [-0.3, -0.25) is 15.0 Å². The fourth-order valence-corrected chi connectivity index (χ4v) is 4.29. The second kappa shape index (κ2) is 12.6. The maximum absolute atomic E-state index is 14.5. The smallest absolute Gasteiger partial charge is 0.434 e. The number of anilines is 2. The van der Waals surface area contributed by atoms with Crippen molar-refractivity contribution in [3.63, 3.8) is 0 Å². The lowest BCUT2D eigenvalue weighted by Gasteiger charge is -2.24. The number of aromatic nitrogens is 2. The van der Waals surface area contributed by atoms with Crippen molar-refractivity contribution < 1.29 is 37.8 Å². The molecule has 14 heteroatoms. The fourth-order valence-electron chi connectivity index (χ4n) is 4.04. The van der Waals surface area contributed by atoms with Crippen molar-refractivity contribution in [3.05, 3.63) is 76.2 Å². The summed E-state index contributed by atoms with van der Waals surface area (Å²) >= 11 is 6.40. The van der Waals surface area contributed by atoms with Gasteiger partial charge in [-0.05, 0) is 55.7 Å². The van der Waals surface area contributed by atoms with Crippen molar-refractivity contribution in [1.29, 1.82) is 0 Å². The van der Waals surface area contributed by atoms with E-state index in [2.05, 4.69) is 20.7 Å². The Morgan fingerprint density at radius 2 is 1.80 bits per heavy atom. The minimum atomic E-state index is -1.49. The van der Waals surface area contributed by atoms with E-state index < -0.39 is 41.8 Å². The molecule has 0 unspecified atom stereocenters. The number of carboxylic acids is 1. The Kier molecular flexibility index (Phi) is 8.97. The monoisotopic (exact) mass is 587 g/mol. The van der Waals surface area contributed by atoms with E-state index in [9.17, 15) is 28.0 Å². The molecule has 214 valence electrons. The minimum Gasteiger partial charge on any atom is -0.479 e. The molecule has 3 amide bonds. The highest BCUT2D eigenvalue weighted by Gasteiger charge is 2.27. The number of allylic oxidation sites excluding steroid dienone is 2. The van der Waals surface area contributed by atoms with Crippen LogP contribution >= 0.6 is 11.6 Å². The molecule has 4 rings (SSSR count). The van der Waals surface area contributed by atoms with Crippen LogP contribution in [-0.2, 0) is 20.7 Å². The molecular weight excluding hydrogens is 564 g/mol. The number of hydrogen-bond donors (Lipinski definition) is 4. The van der Waals surface area contributed by atoms with Gasteiger partial charge in [0.15, 0.2) is 6.61 Å². The number of imidazole rings is 1. The molecule has 1 aliphatic heterocycles. The summed E-state index contributed by atoms with van der Waals surface area (Å²) in [6.45, 7) is 0.357. The Balaban J connectivity index is 1.77. The van der Waals surface area contributed by atoms with E-state index in [0.29, 0.717) is 41.4 Å². The third kappa shape index (κ3) is 7.06. The average molecular weight is 588 g/mol. The van der Waals surface area contributed by atoms with Crippen LogP contribution in [0, 0.1) is 18.6 Å². The van der Waals surface area contributed by atoms with E-state index in [-0.39, 0.29) is 34.4 Å². The molecule has 1 aliphatic rings. The number of aryl methyl sites for hydroxylation is 2. The predicted octanol–water partition coefficient (Wildman–Crippen LogP) is 4.91. The molecule has 1 aromatic heterocycles. The van der Waals surface area contributed by atoms with E-state index in [1.165, 1.54) is 25.1 Å². The molecule has 0 spiro atoms. The summed E-state index contributed by atoms with van der Waals surface area (Å²) in [4.78, 5) is 57.0. The van der Waals surface area contributed by atoms with Crippen LogP contribution in [0.15, 0.2) is 42.5 Å². The number of rotatable bonds is 4. The van der Waals surface area contributed by atoms with E-state index in [1.807, 2.05) is 12.2 Å². The molecule has 4 N–H and O–H groups in total. The number of nitrogens with one attached hydrogen (secondary N) is 3. The summed E-state index contributed by atoms with van der Waals surface area (Å²) < 4.78 is 33.7. The van der Waals surface area contributed by atoms with Crippen molar-refractivity contribution >= 4 is 46.9 Å². The van der Waals surface area contributed by atoms with Crippen LogP contribution in [0.2, 0.25) is 5.15 Å². The van der Waals surface area contributed by atoms with Gasteiger partial charge in [0.2, 0.25) is 5.91 Å². The number of carboxylic acid groups (broad SMARTS) is 1. The van der Waals surface area contributed by atoms with Crippen molar-refractivity contribution in [3.8, 4) is 11.3 Å². The molecular formula is C27H24ClF2N5O6. The number of carbonyl (C=O) groups excluding carboxylic acids is 3. The minimum absolute atomic E-state index is 0.131. The van der Waals surface area contributed by atoms with Crippen LogP contribution in [0.3, 0.4) is 0 Å². The maximum atomic E-state index is 14.5. The van der Waals surface area contributed by atoms with Crippen molar-refractivity contribution in [2.24, 2.45) is 0 Å². The highest BCUT2D eigenvalue weighted by Crippen LogP contribution is 2.35. The van der Waals surface area contributed by atoms with Crippen molar-refractivity contribution in [2.45, 2.75) is 32.6 Å². The molecule has 0 radical (unpaired) electrons. The largest absolute Gasteiger partial charge is 0.479 e. The first-order chi connectivity index (χ1) is 19.5. The van der Waals surface area contributed by atoms with Crippen molar-refractivity contribution in [2.75, 3.05) is 16.9 Å². The quantitative estimate of drug-likeness (QED) is 0.250. The first kappa shape index (κ1) is 29.2. The molecule has 3 aromatic rings. The highest BCUT2D eigenvalue weighted by molar-refractivity contribution is 6.32. The first-order valence-corrected chi connectivity index (χ1v) is 12.7.